The number of aliphatic hydroxyl groups excluding tert-OH is 1. The van der Waals surface area contributed by atoms with Gasteiger partial charge in [-0.2, -0.15) is 0 Å². The third kappa shape index (κ3) is 3.47. The highest BCUT2D eigenvalue weighted by molar-refractivity contribution is 5.78. The SMILES string of the molecule is CC(C)CCn1c(NCC(C)O)nc2ccccc21. The van der Waals surface area contributed by atoms with Crippen LogP contribution in [0, 0.1) is 5.92 Å². The van der Waals surface area contributed by atoms with Crippen molar-refractivity contribution in [3.63, 3.8) is 0 Å². The molecule has 0 spiro atoms. The van der Waals surface area contributed by atoms with E-state index in [1.54, 1.807) is 6.92 Å². The van der Waals surface area contributed by atoms with Crippen molar-refractivity contribution in [3.8, 4) is 0 Å². The van der Waals surface area contributed by atoms with Crippen molar-refractivity contribution in [1.82, 2.24) is 9.55 Å². The predicted octanol–water partition coefficient (Wildman–Crippen LogP) is 2.88. The van der Waals surface area contributed by atoms with E-state index in [4.69, 9.17) is 0 Å². The molecule has 4 heteroatoms. The number of aliphatic hydroxyl groups is 1. The third-order valence-electron chi connectivity index (χ3n) is 3.14. The molecule has 1 heterocycles. The van der Waals surface area contributed by atoms with E-state index in [9.17, 15) is 5.11 Å². The van der Waals surface area contributed by atoms with Gasteiger partial charge in [-0.15, -0.1) is 0 Å². The number of hydrogen-bond acceptors (Lipinski definition) is 3. The number of fused-ring (bicyclic) bond motifs is 1. The van der Waals surface area contributed by atoms with Crippen molar-refractivity contribution in [1.29, 1.82) is 0 Å². The predicted molar refractivity (Wildman–Crippen MR) is 79.4 cm³/mol. The van der Waals surface area contributed by atoms with Crippen LogP contribution in [0.5, 0.6) is 0 Å². The zero-order valence-electron chi connectivity index (χ0n) is 11.9. The Labute approximate surface area is 114 Å². The van der Waals surface area contributed by atoms with Crippen LogP contribution >= 0.6 is 0 Å². The lowest BCUT2D eigenvalue weighted by Crippen LogP contribution is -2.18. The van der Waals surface area contributed by atoms with Crippen LogP contribution in [0.15, 0.2) is 24.3 Å². The molecule has 1 aromatic carbocycles. The minimum atomic E-state index is -0.377. The summed E-state index contributed by atoms with van der Waals surface area (Å²) in [5.41, 5.74) is 2.15. The second kappa shape index (κ2) is 6.06. The van der Waals surface area contributed by atoms with Crippen LogP contribution in [0.1, 0.15) is 27.2 Å². The Morgan fingerprint density at radius 2 is 2.00 bits per heavy atom. The Morgan fingerprint density at radius 3 is 2.68 bits per heavy atom. The molecule has 0 aliphatic heterocycles. The normalized spacial score (nSPS) is 13.1. The van der Waals surface area contributed by atoms with Gasteiger partial charge in [0.1, 0.15) is 0 Å². The minimum Gasteiger partial charge on any atom is -0.392 e. The molecule has 4 nitrogen and oxygen atoms in total. The summed E-state index contributed by atoms with van der Waals surface area (Å²) in [4.78, 5) is 4.60. The summed E-state index contributed by atoms with van der Waals surface area (Å²) in [5.74, 6) is 1.51. The van der Waals surface area contributed by atoms with E-state index >= 15 is 0 Å². The molecule has 0 fully saturated rings. The number of benzene rings is 1. The molecule has 2 aromatic rings. The number of imidazole rings is 1. The molecule has 0 bridgehead atoms. The number of hydrogen-bond donors (Lipinski definition) is 2. The van der Waals surface area contributed by atoms with Gasteiger partial charge in [0.05, 0.1) is 17.1 Å². The van der Waals surface area contributed by atoms with Crippen LogP contribution in [-0.2, 0) is 6.54 Å². The van der Waals surface area contributed by atoms with E-state index < -0.39 is 0 Å². The summed E-state index contributed by atoms with van der Waals surface area (Å²) in [6.45, 7) is 7.68. The van der Waals surface area contributed by atoms with Gasteiger partial charge in [0.15, 0.2) is 0 Å². The van der Waals surface area contributed by atoms with Crippen molar-refractivity contribution in [3.05, 3.63) is 24.3 Å². The van der Waals surface area contributed by atoms with Gasteiger partial charge in [-0.25, -0.2) is 4.98 Å². The summed E-state index contributed by atoms with van der Waals surface area (Å²) in [7, 11) is 0. The second-order valence-corrected chi connectivity index (χ2v) is 5.49. The van der Waals surface area contributed by atoms with E-state index in [0.717, 1.165) is 29.9 Å². The topological polar surface area (TPSA) is 50.1 Å². The van der Waals surface area contributed by atoms with Crippen molar-refractivity contribution in [2.45, 2.75) is 39.8 Å². The van der Waals surface area contributed by atoms with Crippen LogP contribution in [0.25, 0.3) is 11.0 Å². The van der Waals surface area contributed by atoms with Crippen molar-refractivity contribution < 1.29 is 5.11 Å². The molecule has 0 aliphatic rings. The van der Waals surface area contributed by atoms with Gasteiger partial charge in [0, 0.05) is 13.1 Å². The molecule has 104 valence electrons. The van der Waals surface area contributed by atoms with Crippen LogP contribution in [0.3, 0.4) is 0 Å². The summed E-state index contributed by atoms with van der Waals surface area (Å²) in [6.07, 6.45) is 0.738. The number of nitrogens with zero attached hydrogens (tertiary/aromatic N) is 2. The van der Waals surface area contributed by atoms with Crippen molar-refractivity contribution in [2.24, 2.45) is 5.92 Å². The zero-order valence-corrected chi connectivity index (χ0v) is 11.9. The Balaban J connectivity index is 2.28. The van der Waals surface area contributed by atoms with Gasteiger partial charge in [-0.05, 0) is 31.4 Å². The Bertz CT molecular complexity index is 531. The molecular weight excluding hydrogens is 238 g/mol. The highest BCUT2D eigenvalue weighted by atomic mass is 16.3. The van der Waals surface area contributed by atoms with Gasteiger partial charge in [0.2, 0.25) is 5.95 Å². The minimum absolute atomic E-state index is 0.377. The molecule has 0 aliphatic carbocycles. The summed E-state index contributed by atoms with van der Waals surface area (Å²) >= 11 is 0. The number of aryl methyl sites for hydroxylation is 1. The van der Waals surface area contributed by atoms with E-state index in [1.807, 2.05) is 18.2 Å². The maximum atomic E-state index is 9.40. The number of aromatic nitrogens is 2. The molecule has 0 amide bonds. The smallest absolute Gasteiger partial charge is 0.203 e. The van der Waals surface area contributed by atoms with Crippen LogP contribution in [0.4, 0.5) is 5.95 Å². The lowest BCUT2D eigenvalue weighted by Gasteiger charge is -2.13. The number of rotatable bonds is 6. The highest BCUT2D eigenvalue weighted by Crippen LogP contribution is 2.21. The lowest BCUT2D eigenvalue weighted by molar-refractivity contribution is 0.208. The monoisotopic (exact) mass is 261 g/mol. The first-order chi connectivity index (χ1) is 9.08. The Morgan fingerprint density at radius 1 is 1.26 bits per heavy atom. The largest absolute Gasteiger partial charge is 0.392 e. The Kier molecular flexibility index (Phi) is 4.43. The van der Waals surface area contributed by atoms with Gasteiger partial charge in [-0.3, -0.25) is 0 Å². The van der Waals surface area contributed by atoms with E-state index in [-0.39, 0.29) is 6.10 Å². The Hall–Kier alpha value is -1.55. The maximum Gasteiger partial charge on any atom is 0.203 e. The zero-order chi connectivity index (χ0) is 13.8. The maximum absolute atomic E-state index is 9.40. The number of anilines is 1. The molecule has 2 N–H and O–H groups in total. The fourth-order valence-electron chi connectivity index (χ4n) is 2.06. The summed E-state index contributed by atoms with van der Waals surface area (Å²) in [6, 6.07) is 8.15. The fraction of sp³-hybridized carbons (Fsp3) is 0.533. The molecule has 1 unspecified atom stereocenters. The third-order valence-corrected chi connectivity index (χ3v) is 3.14. The highest BCUT2D eigenvalue weighted by Gasteiger charge is 2.10. The molecule has 1 atom stereocenters. The summed E-state index contributed by atoms with van der Waals surface area (Å²) in [5, 5.41) is 12.6. The molecule has 1 aromatic heterocycles. The van der Waals surface area contributed by atoms with Crippen molar-refractivity contribution >= 4 is 17.0 Å². The molecule has 0 saturated heterocycles. The average Bonchev–Trinajstić information content (AvgIpc) is 2.71. The van der Waals surface area contributed by atoms with Crippen molar-refractivity contribution in [2.75, 3.05) is 11.9 Å². The van der Waals surface area contributed by atoms with Crippen LogP contribution in [0.2, 0.25) is 0 Å². The van der Waals surface area contributed by atoms with Gasteiger partial charge in [-0.1, -0.05) is 26.0 Å². The molecule has 2 rings (SSSR count). The fourth-order valence-corrected chi connectivity index (χ4v) is 2.06. The van der Waals surface area contributed by atoms with Crippen LogP contribution in [-0.4, -0.2) is 27.3 Å². The van der Waals surface area contributed by atoms with E-state index in [2.05, 4.69) is 34.8 Å². The molecule has 19 heavy (non-hydrogen) atoms. The average molecular weight is 261 g/mol. The molecular formula is C15H23N3O. The van der Waals surface area contributed by atoms with E-state index in [0.29, 0.717) is 12.5 Å². The molecule has 0 radical (unpaired) electrons. The first kappa shape index (κ1) is 13.9. The quantitative estimate of drug-likeness (QED) is 0.840. The first-order valence-corrected chi connectivity index (χ1v) is 6.95. The summed E-state index contributed by atoms with van der Waals surface area (Å²) < 4.78 is 2.21. The lowest BCUT2D eigenvalue weighted by atomic mass is 10.1. The van der Waals surface area contributed by atoms with E-state index in [1.165, 1.54) is 0 Å². The second-order valence-electron chi connectivity index (χ2n) is 5.49. The standard InChI is InChI=1S/C15H23N3O/c1-11(2)8-9-18-14-7-5-4-6-13(14)17-15(18)16-10-12(3)19/h4-7,11-12,19H,8-10H2,1-3H3,(H,16,17). The van der Waals surface area contributed by atoms with Crippen LogP contribution < -0.4 is 5.32 Å². The first-order valence-electron chi connectivity index (χ1n) is 6.95. The number of nitrogens with one attached hydrogen (secondary N) is 1. The molecule has 0 saturated carbocycles. The van der Waals surface area contributed by atoms with Gasteiger partial charge < -0.3 is 15.0 Å². The number of para-hydroxylation sites is 2. The van der Waals surface area contributed by atoms with Gasteiger partial charge >= 0.3 is 0 Å². The van der Waals surface area contributed by atoms with Gasteiger partial charge in [0.25, 0.3) is 0 Å².